The fourth-order valence-electron chi connectivity index (χ4n) is 1.03. The number of aliphatic hydroxyl groups is 1. The number of benzene rings is 1. The second-order valence-electron chi connectivity index (χ2n) is 2.88. The highest BCUT2D eigenvalue weighted by Gasteiger charge is 2.06. The summed E-state index contributed by atoms with van der Waals surface area (Å²) in [6, 6.07) is 3.79. The van der Waals surface area contributed by atoms with Crippen molar-refractivity contribution >= 4 is 11.6 Å². The van der Waals surface area contributed by atoms with Gasteiger partial charge in [-0.25, -0.2) is 4.39 Å². The van der Waals surface area contributed by atoms with E-state index in [1.165, 1.54) is 12.1 Å². The van der Waals surface area contributed by atoms with Crippen molar-refractivity contribution in [2.75, 3.05) is 6.61 Å². The zero-order chi connectivity index (χ0) is 9.84. The smallest absolute Gasteiger partial charge is 0.124 e. The quantitative estimate of drug-likeness (QED) is 0.779. The molecule has 1 rings (SSSR count). The van der Waals surface area contributed by atoms with Crippen molar-refractivity contribution in [1.82, 2.24) is 0 Å². The van der Waals surface area contributed by atoms with Gasteiger partial charge in [-0.2, -0.15) is 0 Å². The monoisotopic (exact) mass is 203 g/mol. The minimum absolute atomic E-state index is 0.103. The molecule has 1 atom stereocenters. The molecule has 72 valence electrons. The molecule has 1 aromatic rings. The molecule has 0 aliphatic rings. The van der Waals surface area contributed by atoms with E-state index in [-0.39, 0.29) is 18.5 Å². The largest absolute Gasteiger partial charge is 0.395 e. The van der Waals surface area contributed by atoms with E-state index in [0.29, 0.717) is 11.4 Å². The molecule has 0 aliphatic heterocycles. The van der Waals surface area contributed by atoms with Crippen LogP contribution in [0.4, 0.5) is 4.39 Å². The van der Waals surface area contributed by atoms with E-state index in [4.69, 9.17) is 22.4 Å². The minimum Gasteiger partial charge on any atom is -0.395 e. The van der Waals surface area contributed by atoms with Crippen LogP contribution in [0.2, 0.25) is 5.02 Å². The number of halogens is 2. The molecular formula is C9H11ClFNO. The van der Waals surface area contributed by atoms with Crippen LogP contribution in [-0.2, 0) is 6.42 Å². The molecule has 0 bridgehead atoms. The van der Waals surface area contributed by atoms with Gasteiger partial charge >= 0.3 is 0 Å². The van der Waals surface area contributed by atoms with Gasteiger partial charge in [0.15, 0.2) is 0 Å². The summed E-state index contributed by atoms with van der Waals surface area (Å²) in [5.41, 5.74) is 6.26. The number of nitrogens with two attached hydrogens (primary N) is 1. The van der Waals surface area contributed by atoms with Crippen molar-refractivity contribution < 1.29 is 9.50 Å². The lowest BCUT2D eigenvalue weighted by Crippen LogP contribution is -2.26. The zero-order valence-electron chi connectivity index (χ0n) is 7.00. The molecule has 0 spiro atoms. The van der Waals surface area contributed by atoms with E-state index in [1.54, 1.807) is 6.07 Å². The zero-order valence-corrected chi connectivity index (χ0v) is 7.76. The maximum atomic E-state index is 12.6. The van der Waals surface area contributed by atoms with Gasteiger partial charge in [0.2, 0.25) is 0 Å². The van der Waals surface area contributed by atoms with E-state index >= 15 is 0 Å². The molecule has 1 unspecified atom stereocenters. The summed E-state index contributed by atoms with van der Waals surface area (Å²) in [6.07, 6.45) is 0.454. The van der Waals surface area contributed by atoms with Crippen LogP contribution in [0.3, 0.4) is 0 Å². The van der Waals surface area contributed by atoms with Crippen LogP contribution in [0.5, 0.6) is 0 Å². The van der Waals surface area contributed by atoms with E-state index in [2.05, 4.69) is 0 Å². The Morgan fingerprint density at radius 2 is 2.23 bits per heavy atom. The Labute approximate surface area is 81.1 Å². The Morgan fingerprint density at radius 3 is 2.77 bits per heavy atom. The van der Waals surface area contributed by atoms with E-state index in [0.717, 1.165) is 5.56 Å². The van der Waals surface area contributed by atoms with Crippen LogP contribution in [-0.4, -0.2) is 17.8 Å². The Bertz CT molecular complexity index is 293. The molecule has 0 radical (unpaired) electrons. The van der Waals surface area contributed by atoms with Gasteiger partial charge in [-0.3, -0.25) is 0 Å². The number of hydrogen-bond acceptors (Lipinski definition) is 2. The normalized spacial score (nSPS) is 12.9. The molecule has 0 amide bonds. The Balaban J connectivity index is 2.77. The highest BCUT2D eigenvalue weighted by atomic mass is 35.5. The second-order valence-corrected chi connectivity index (χ2v) is 3.29. The molecule has 1 aromatic carbocycles. The van der Waals surface area contributed by atoms with Crippen LogP contribution < -0.4 is 5.73 Å². The molecule has 0 fully saturated rings. The van der Waals surface area contributed by atoms with Gasteiger partial charge in [-0.1, -0.05) is 17.7 Å². The predicted molar refractivity (Wildman–Crippen MR) is 50.2 cm³/mol. The van der Waals surface area contributed by atoms with Crippen molar-refractivity contribution in [2.24, 2.45) is 5.73 Å². The van der Waals surface area contributed by atoms with Gasteiger partial charge in [0, 0.05) is 11.1 Å². The van der Waals surface area contributed by atoms with Gasteiger partial charge in [0.05, 0.1) is 6.61 Å². The van der Waals surface area contributed by atoms with Crippen LogP contribution in [0.25, 0.3) is 0 Å². The Kier molecular flexibility index (Phi) is 3.66. The minimum atomic E-state index is -0.369. The number of aliphatic hydroxyl groups excluding tert-OH is 1. The van der Waals surface area contributed by atoms with Crippen molar-refractivity contribution in [2.45, 2.75) is 12.5 Å². The third-order valence-electron chi connectivity index (χ3n) is 1.73. The average molecular weight is 204 g/mol. The molecule has 0 heterocycles. The molecule has 13 heavy (non-hydrogen) atoms. The lowest BCUT2D eigenvalue weighted by Gasteiger charge is -2.09. The Morgan fingerprint density at radius 1 is 1.54 bits per heavy atom. The highest BCUT2D eigenvalue weighted by Crippen LogP contribution is 2.18. The number of rotatable bonds is 3. The van der Waals surface area contributed by atoms with Crippen LogP contribution in [0.15, 0.2) is 18.2 Å². The summed E-state index contributed by atoms with van der Waals surface area (Å²) < 4.78 is 12.6. The van der Waals surface area contributed by atoms with Crippen molar-refractivity contribution in [3.63, 3.8) is 0 Å². The van der Waals surface area contributed by atoms with E-state index in [1.807, 2.05) is 0 Å². The van der Waals surface area contributed by atoms with Crippen molar-refractivity contribution in [3.05, 3.63) is 34.6 Å². The fraction of sp³-hybridized carbons (Fsp3) is 0.333. The lowest BCUT2D eigenvalue weighted by atomic mass is 10.1. The predicted octanol–water partition coefficient (Wildman–Crippen LogP) is 1.34. The topological polar surface area (TPSA) is 46.2 Å². The highest BCUT2D eigenvalue weighted by molar-refractivity contribution is 6.31. The average Bonchev–Trinajstić information content (AvgIpc) is 2.09. The first-order valence-electron chi connectivity index (χ1n) is 3.94. The molecular weight excluding hydrogens is 193 g/mol. The SMILES string of the molecule is NC(CO)Cc1ccc(F)cc1Cl. The summed E-state index contributed by atoms with van der Waals surface area (Å²) >= 11 is 5.75. The summed E-state index contributed by atoms with van der Waals surface area (Å²) in [6.45, 7) is -0.103. The van der Waals surface area contributed by atoms with Crippen LogP contribution in [0.1, 0.15) is 5.56 Å². The molecule has 2 nitrogen and oxygen atoms in total. The van der Waals surface area contributed by atoms with E-state index < -0.39 is 0 Å². The summed E-state index contributed by atoms with van der Waals surface area (Å²) in [4.78, 5) is 0. The molecule has 4 heteroatoms. The standard InChI is InChI=1S/C9H11ClFNO/c10-9-4-7(11)2-1-6(9)3-8(12)5-13/h1-2,4,8,13H,3,5,12H2. The molecule has 3 N–H and O–H groups in total. The van der Waals surface area contributed by atoms with Crippen molar-refractivity contribution in [3.8, 4) is 0 Å². The van der Waals surface area contributed by atoms with Crippen molar-refractivity contribution in [1.29, 1.82) is 0 Å². The maximum Gasteiger partial charge on any atom is 0.124 e. The molecule has 0 saturated heterocycles. The maximum absolute atomic E-state index is 12.6. The van der Waals surface area contributed by atoms with Gasteiger partial charge in [-0.05, 0) is 24.1 Å². The van der Waals surface area contributed by atoms with Gasteiger partial charge < -0.3 is 10.8 Å². The summed E-state index contributed by atoms with van der Waals surface area (Å²) in [7, 11) is 0. The molecule has 0 aliphatic carbocycles. The first-order valence-corrected chi connectivity index (χ1v) is 4.31. The number of hydrogen-bond donors (Lipinski definition) is 2. The second kappa shape index (κ2) is 4.56. The van der Waals surface area contributed by atoms with Gasteiger partial charge in [0.1, 0.15) is 5.82 Å². The van der Waals surface area contributed by atoms with Crippen LogP contribution >= 0.6 is 11.6 Å². The summed E-state index contributed by atoms with van der Waals surface area (Å²) in [5.74, 6) is -0.369. The molecule has 0 saturated carbocycles. The fourth-order valence-corrected chi connectivity index (χ4v) is 1.28. The Hall–Kier alpha value is -0.640. The van der Waals surface area contributed by atoms with Gasteiger partial charge in [0.25, 0.3) is 0 Å². The third kappa shape index (κ3) is 2.95. The third-order valence-corrected chi connectivity index (χ3v) is 2.08. The lowest BCUT2D eigenvalue weighted by molar-refractivity contribution is 0.265. The van der Waals surface area contributed by atoms with Gasteiger partial charge in [-0.15, -0.1) is 0 Å². The summed E-state index contributed by atoms with van der Waals surface area (Å²) in [5, 5.41) is 9.05. The molecule has 0 aromatic heterocycles. The first-order chi connectivity index (χ1) is 6.13. The van der Waals surface area contributed by atoms with E-state index in [9.17, 15) is 4.39 Å². The van der Waals surface area contributed by atoms with Crippen LogP contribution in [0, 0.1) is 5.82 Å². The first kappa shape index (κ1) is 10.4.